The first-order valence-corrected chi connectivity index (χ1v) is 8.88. The minimum absolute atomic E-state index is 0.214. The van der Waals surface area contributed by atoms with Crippen LogP contribution in [0.1, 0.15) is 28.4 Å². The summed E-state index contributed by atoms with van der Waals surface area (Å²) in [5.41, 5.74) is 4.41. The van der Waals surface area contributed by atoms with E-state index in [1.165, 1.54) is 17.7 Å². The van der Waals surface area contributed by atoms with Crippen molar-refractivity contribution in [2.75, 3.05) is 11.4 Å². The zero-order valence-corrected chi connectivity index (χ0v) is 15.4. The molecule has 0 spiro atoms. The smallest absolute Gasteiger partial charge is 0.253 e. The van der Waals surface area contributed by atoms with Crippen molar-refractivity contribution in [3.63, 3.8) is 0 Å². The van der Waals surface area contributed by atoms with Crippen LogP contribution in [0.4, 0.5) is 15.8 Å². The number of hydrogen-bond acceptors (Lipinski definition) is 3. The number of aryl methyl sites for hydroxylation is 1. The Balaban J connectivity index is 1.75. The van der Waals surface area contributed by atoms with Gasteiger partial charge < -0.3 is 10.2 Å². The average molecular weight is 363 g/mol. The molecule has 27 heavy (non-hydrogen) atoms. The van der Waals surface area contributed by atoms with E-state index in [2.05, 4.69) is 41.2 Å². The van der Waals surface area contributed by atoms with E-state index >= 15 is 0 Å². The Hall–Kier alpha value is -3.21. The first-order chi connectivity index (χ1) is 13.1. The molecule has 1 N–H and O–H groups in total. The number of nitrogens with one attached hydrogen (secondary N) is 1. The third kappa shape index (κ3) is 4.70. The Morgan fingerprint density at radius 1 is 1.07 bits per heavy atom. The second-order valence-electron chi connectivity index (χ2n) is 6.32. The number of halogens is 1. The number of benzene rings is 2. The van der Waals surface area contributed by atoms with Gasteiger partial charge in [-0.05, 0) is 55.3 Å². The normalized spacial score (nSPS) is 10.5. The van der Waals surface area contributed by atoms with E-state index < -0.39 is 0 Å². The Bertz CT molecular complexity index is 925. The third-order valence-electron chi connectivity index (χ3n) is 4.29. The fourth-order valence-electron chi connectivity index (χ4n) is 2.90. The fourth-order valence-corrected chi connectivity index (χ4v) is 2.90. The van der Waals surface area contributed by atoms with Gasteiger partial charge in [-0.3, -0.25) is 9.78 Å². The summed E-state index contributed by atoms with van der Waals surface area (Å²) in [4.78, 5) is 18.8. The lowest BCUT2D eigenvalue weighted by molar-refractivity contribution is 0.0950. The molecule has 0 radical (unpaired) electrons. The fraction of sp³-hybridized carbons (Fsp3) is 0.182. The van der Waals surface area contributed by atoms with Gasteiger partial charge in [0.1, 0.15) is 5.82 Å². The predicted molar refractivity (Wildman–Crippen MR) is 106 cm³/mol. The summed E-state index contributed by atoms with van der Waals surface area (Å²) in [6.07, 6.45) is 3.30. The molecule has 4 nitrogen and oxygen atoms in total. The van der Waals surface area contributed by atoms with Crippen LogP contribution in [0.25, 0.3) is 0 Å². The van der Waals surface area contributed by atoms with Crippen LogP contribution >= 0.6 is 0 Å². The number of nitrogens with zero attached hydrogens (tertiary/aromatic N) is 2. The van der Waals surface area contributed by atoms with E-state index in [0.717, 1.165) is 23.5 Å². The SMILES string of the molecule is CCN(c1cccc(C)c1)c1cncc(C(=O)NCc2ccc(F)cc2)c1. The van der Waals surface area contributed by atoms with Gasteiger partial charge in [-0.15, -0.1) is 0 Å². The Morgan fingerprint density at radius 2 is 1.85 bits per heavy atom. The van der Waals surface area contributed by atoms with Crippen molar-refractivity contribution in [3.8, 4) is 0 Å². The second-order valence-corrected chi connectivity index (χ2v) is 6.32. The largest absolute Gasteiger partial charge is 0.348 e. The number of rotatable bonds is 6. The van der Waals surface area contributed by atoms with Crippen LogP contribution in [-0.4, -0.2) is 17.4 Å². The van der Waals surface area contributed by atoms with Crippen molar-refractivity contribution in [1.29, 1.82) is 0 Å². The zero-order valence-electron chi connectivity index (χ0n) is 15.4. The second kappa shape index (κ2) is 8.45. The van der Waals surface area contributed by atoms with Crippen molar-refractivity contribution >= 4 is 17.3 Å². The van der Waals surface area contributed by atoms with Gasteiger partial charge >= 0.3 is 0 Å². The minimum atomic E-state index is -0.294. The van der Waals surface area contributed by atoms with Crippen LogP contribution in [0.3, 0.4) is 0 Å². The lowest BCUT2D eigenvalue weighted by atomic mass is 10.1. The average Bonchev–Trinajstić information content (AvgIpc) is 2.68. The summed E-state index contributed by atoms with van der Waals surface area (Å²) >= 11 is 0. The topological polar surface area (TPSA) is 45.2 Å². The number of pyridine rings is 1. The molecule has 0 saturated carbocycles. The molecule has 1 amide bonds. The van der Waals surface area contributed by atoms with Gasteiger partial charge in [0, 0.05) is 25.0 Å². The molecule has 5 heteroatoms. The van der Waals surface area contributed by atoms with Gasteiger partial charge in [0.25, 0.3) is 5.91 Å². The monoisotopic (exact) mass is 363 g/mol. The number of anilines is 2. The Kier molecular flexibility index (Phi) is 5.81. The van der Waals surface area contributed by atoms with Gasteiger partial charge in [-0.25, -0.2) is 4.39 Å². The Labute approximate surface area is 158 Å². The Morgan fingerprint density at radius 3 is 2.56 bits per heavy atom. The van der Waals surface area contributed by atoms with Crippen molar-refractivity contribution in [2.24, 2.45) is 0 Å². The summed E-state index contributed by atoms with van der Waals surface area (Å²) in [5.74, 6) is -0.508. The van der Waals surface area contributed by atoms with E-state index in [4.69, 9.17) is 0 Å². The summed E-state index contributed by atoms with van der Waals surface area (Å²) < 4.78 is 13.0. The van der Waals surface area contributed by atoms with E-state index in [-0.39, 0.29) is 11.7 Å². The maximum absolute atomic E-state index is 13.0. The molecule has 0 atom stereocenters. The van der Waals surface area contributed by atoms with Crippen LogP contribution in [0.5, 0.6) is 0 Å². The molecule has 0 aliphatic heterocycles. The number of amides is 1. The van der Waals surface area contributed by atoms with E-state index in [1.54, 1.807) is 24.5 Å². The highest BCUT2D eigenvalue weighted by Gasteiger charge is 2.12. The zero-order chi connectivity index (χ0) is 19.2. The van der Waals surface area contributed by atoms with Gasteiger partial charge in [0.05, 0.1) is 17.4 Å². The van der Waals surface area contributed by atoms with Crippen LogP contribution < -0.4 is 10.2 Å². The van der Waals surface area contributed by atoms with Crippen LogP contribution in [0.15, 0.2) is 67.0 Å². The third-order valence-corrected chi connectivity index (χ3v) is 4.29. The lowest BCUT2D eigenvalue weighted by Gasteiger charge is -2.23. The molecule has 2 aromatic carbocycles. The highest BCUT2D eigenvalue weighted by Crippen LogP contribution is 2.25. The molecular formula is C22H22FN3O. The van der Waals surface area contributed by atoms with Crippen LogP contribution in [0.2, 0.25) is 0 Å². The van der Waals surface area contributed by atoms with E-state index in [0.29, 0.717) is 12.1 Å². The van der Waals surface area contributed by atoms with Crippen molar-refractivity contribution < 1.29 is 9.18 Å². The summed E-state index contributed by atoms with van der Waals surface area (Å²) in [5, 5.41) is 2.85. The molecule has 0 saturated heterocycles. The highest BCUT2D eigenvalue weighted by molar-refractivity contribution is 5.94. The number of hydrogen-bond donors (Lipinski definition) is 1. The molecule has 0 aliphatic rings. The summed E-state index contributed by atoms with van der Waals surface area (Å²) in [6, 6.07) is 16.1. The number of carbonyl (C=O) groups is 1. The molecular weight excluding hydrogens is 341 g/mol. The van der Waals surface area contributed by atoms with Crippen LogP contribution in [-0.2, 0) is 6.54 Å². The molecule has 3 rings (SSSR count). The van der Waals surface area contributed by atoms with Gasteiger partial charge in [0.15, 0.2) is 0 Å². The molecule has 3 aromatic rings. The summed E-state index contributed by atoms with van der Waals surface area (Å²) in [6.45, 7) is 5.20. The first-order valence-electron chi connectivity index (χ1n) is 8.88. The van der Waals surface area contributed by atoms with E-state index in [1.807, 2.05) is 18.2 Å². The number of carbonyl (C=O) groups excluding carboxylic acids is 1. The highest BCUT2D eigenvalue weighted by atomic mass is 19.1. The molecule has 0 bridgehead atoms. The van der Waals surface area contributed by atoms with Gasteiger partial charge in [0.2, 0.25) is 0 Å². The molecule has 1 heterocycles. The molecule has 1 aromatic heterocycles. The standard InChI is InChI=1S/C22H22FN3O/c1-3-26(20-6-4-5-16(2)11-20)21-12-18(14-24-15-21)22(27)25-13-17-7-9-19(23)10-8-17/h4-12,14-15H,3,13H2,1-2H3,(H,25,27). The molecule has 138 valence electrons. The minimum Gasteiger partial charge on any atom is -0.348 e. The maximum Gasteiger partial charge on any atom is 0.253 e. The molecule has 0 fully saturated rings. The van der Waals surface area contributed by atoms with Gasteiger partial charge in [-0.1, -0.05) is 24.3 Å². The summed E-state index contributed by atoms with van der Waals surface area (Å²) in [7, 11) is 0. The first kappa shape index (κ1) is 18.6. The van der Waals surface area contributed by atoms with Crippen LogP contribution in [0, 0.1) is 12.7 Å². The maximum atomic E-state index is 13.0. The lowest BCUT2D eigenvalue weighted by Crippen LogP contribution is -2.24. The molecule has 0 unspecified atom stereocenters. The van der Waals surface area contributed by atoms with Gasteiger partial charge in [-0.2, -0.15) is 0 Å². The number of aromatic nitrogens is 1. The van der Waals surface area contributed by atoms with Crippen molar-refractivity contribution in [1.82, 2.24) is 10.3 Å². The van der Waals surface area contributed by atoms with E-state index in [9.17, 15) is 9.18 Å². The quantitative estimate of drug-likeness (QED) is 0.695. The van der Waals surface area contributed by atoms with Crippen molar-refractivity contribution in [2.45, 2.75) is 20.4 Å². The molecule has 0 aliphatic carbocycles. The van der Waals surface area contributed by atoms with Crippen molar-refractivity contribution in [3.05, 3.63) is 89.5 Å². The predicted octanol–water partition coefficient (Wildman–Crippen LogP) is 4.62.